The molecular weight excluding hydrogens is 270 g/mol. The van der Waals surface area contributed by atoms with E-state index in [0.717, 1.165) is 16.6 Å². The Hall–Kier alpha value is -1.57. The minimum Gasteiger partial charge on any atom is -0.506 e. The summed E-state index contributed by atoms with van der Waals surface area (Å²) in [6.07, 6.45) is 10.1. The van der Waals surface area contributed by atoms with E-state index in [9.17, 15) is 5.11 Å². The summed E-state index contributed by atoms with van der Waals surface area (Å²) >= 11 is 0. The van der Waals surface area contributed by atoms with E-state index in [1.807, 2.05) is 12.1 Å². The van der Waals surface area contributed by atoms with E-state index in [0.29, 0.717) is 11.7 Å². The number of para-hydroxylation sites is 1. The van der Waals surface area contributed by atoms with Crippen LogP contribution in [0.25, 0.3) is 10.9 Å². The number of rotatable bonds is 9. The molecule has 0 aliphatic rings. The fourth-order valence-electron chi connectivity index (χ4n) is 3.08. The molecule has 0 aliphatic carbocycles. The molecule has 0 saturated carbocycles. The van der Waals surface area contributed by atoms with Crippen molar-refractivity contribution in [2.24, 2.45) is 0 Å². The standard InChI is InChI=1S/C20H29NO/c1-3-5-7-8-11-16(10-6-4-2)18-15-14-17-12-9-13-19(22)20(17)21-18/h9,12-16,22H,3-8,10-11H2,1-2H3. The Morgan fingerprint density at radius 1 is 0.909 bits per heavy atom. The van der Waals surface area contributed by atoms with Crippen molar-refractivity contribution in [3.05, 3.63) is 36.0 Å². The maximum absolute atomic E-state index is 10.0. The third kappa shape index (κ3) is 4.46. The van der Waals surface area contributed by atoms with Crippen LogP contribution in [0.15, 0.2) is 30.3 Å². The van der Waals surface area contributed by atoms with Gasteiger partial charge in [0, 0.05) is 17.0 Å². The van der Waals surface area contributed by atoms with Crippen molar-refractivity contribution in [2.45, 2.75) is 71.1 Å². The highest BCUT2D eigenvalue weighted by molar-refractivity contribution is 5.84. The minimum atomic E-state index is 0.291. The van der Waals surface area contributed by atoms with Crippen LogP contribution >= 0.6 is 0 Å². The Morgan fingerprint density at radius 3 is 2.45 bits per heavy atom. The Bertz CT molecular complexity index is 579. The van der Waals surface area contributed by atoms with Crippen LogP contribution in [0.3, 0.4) is 0 Å². The highest BCUT2D eigenvalue weighted by atomic mass is 16.3. The zero-order valence-electron chi connectivity index (χ0n) is 14.0. The zero-order chi connectivity index (χ0) is 15.8. The lowest BCUT2D eigenvalue weighted by molar-refractivity contribution is 0.478. The molecule has 0 amide bonds. The van der Waals surface area contributed by atoms with Crippen molar-refractivity contribution in [3.8, 4) is 5.75 Å². The van der Waals surface area contributed by atoms with Crippen LogP contribution in [0, 0.1) is 0 Å². The quantitative estimate of drug-likeness (QED) is 0.560. The topological polar surface area (TPSA) is 33.1 Å². The number of nitrogens with zero attached hydrogens (tertiary/aromatic N) is 1. The Kier molecular flexibility index (Phi) is 6.70. The van der Waals surface area contributed by atoms with Gasteiger partial charge in [-0.1, -0.05) is 70.6 Å². The third-order valence-electron chi connectivity index (χ3n) is 4.45. The summed E-state index contributed by atoms with van der Waals surface area (Å²) in [4.78, 5) is 4.78. The molecule has 2 heteroatoms. The molecule has 22 heavy (non-hydrogen) atoms. The number of fused-ring (bicyclic) bond motifs is 1. The Labute approximate surface area is 134 Å². The summed E-state index contributed by atoms with van der Waals surface area (Å²) < 4.78 is 0. The van der Waals surface area contributed by atoms with Gasteiger partial charge in [-0.05, 0) is 25.0 Å². The number of unbranched alkanes of at least 4 members (excludes halogenated alkanes) is 4. The van der Waals surface area contributed by atoms with Crippen LogP contribution in [0.5, 0.6) is 5.75 Å². The number of hydrogen-bond donors (Lipinski definition) is 1. The molecule has 2 aromatic rings. The smallest absolute Gasteiger partial charge is 0.141 e. The predicted molar refractivity (Wildman–Crippen MR) is 94.4 cm³/mol. The van der Waals surface area contributed by atoms with Gasteiger partial charge in [-0.15, -0.1) is 0 Å². The first-order chi connectivity index (χ1) is 10.8. The molecule has 0 spiro atoms. The van der Waals surface area contributed by atoms with E-state index in [1.54, 1.807) is 6.07 Å². The van der Waals surface area contributed by atoms with Gasteiger partial charge in [0.1, 0.15) is 11.3 Å². The molecule has 0 fully saturated rings. The fourth-order valence-corrected chi connectivity index (χ4v) is 3.08. The number of phenols is 1. The van der Waals surface area contributed by atoms with E-state index >= 15 is 0 Å². The maximum Gasteiger partial charge on any atom is 0.141 e. The Balaban J connectivity index is 2.16. The van der Waals surface area contributed by atoms with Crippen molar-refractivity contribution in [2.75, 3.05) is 0 Å². The second kappa shape index (κ2) is 8.77. The van der Waals surface area contributed by atoms with Gasteiger partial charge in [0.15, 0.2) is 0 Å². The monoisotopic (exact) mass is 299 g/mol. The van der Waals surface area contributed by atoms with Gasteiger partial charge in [0.05, 0.1) is 0 Å². The second-order valence-corrected chi connectivity index (χ2v) is 6.27. The number of aromatic hydroxyl groups is 1. The summed E-state index contributed by atoms with van der Waals surface area (Å²) in [5, 5.41) is 11.1. The Morgan fingerprint density at radius 2 is 1.68 bits per heavy atom. The number of pyridine rings is 1. The average molecular weight is 299 g/mol. The first-order valence-electron chi connectivity index (χ1n) is 8.84. The molecule has 1 unspecified atom stereocenters. The van der Waals surface area contributed by atoms with E-state index in [4.69, 9.17) is 4.98 Å². The summed E-state index contributed by atoms with van der Waals surface area (Å²) in [7, 11) is 0. The van der Waals surface area contributed by atoms with Crippen molar-refractivity contribution in [1.82, 2.24) is 4.98 Å². The van der Waals surface area contributed by atoms with Gasteiger partial charge in [-0.3, -0.25) is 0 Å². The van der Waals surface area contributed by atoms with Gasteiger partial charge in [0.2, 0.25) is 0 Å². The number of benzene rings is 1. The summed E-state index contributed by atoms with van der Waals surface area (Å²) in [5.41, 5.74) is 1.90. The van der Waals surface area contributed by atoms with E-state index in [-0.39, 0.29) is 0 Å². The van der Waals surface area contributed by atoms with Gasteiger partial charge in [-0.25, -0.2) is 4.98 Å². The van der Waals surface area contributed by atoms with Crippen LogP contribution in [0.2, 0.25) is 0 Å². The van der Waals surface area contributed by atoms with Gasteiger partial charge >= 0.3 is 0 Å². The van der Waals surface area contributed by atoms with Crippen molar-refractivity contribution in [1.29, 1.82) is 0 Å². The van der Waals surface area contributed by atoms with Crippen molar-refractivity contribution >= 4 is 10.9 Å². The van der Waals surface area contributed by atoms with Crippen molar-refractivity contribution < 1.29 is 5.11 Å². The number of phenolic OH excluding ortho intramolecular Hbond substituents is 1. The highest BCUT2D eigenvalue weighted by Crippen LogP contribution is 2.30. The molecule has 0 saturated heterocycles. The van der Waals surface area contributed by atoms with Gasteiger partial charge in [0.25, 0.3) is 0 Å². The van der Waals surface area contributed by atoms with E-state index < -0.39 is 0 Å². The van der Waals surface area contributed by atoms with Crippen LogP contribution in [0.1, 0.15) is 76.8 Å². The molecular formula is C20H29NO. The summed E-state index contributed by atoms with van der Waals surface area (Å²) in [5.74, 6) is 0.820. The number of aromatic nitrogens is 1. The van der Waals surface area contributed by atoms with E-state index in [2.05, 4.69) is 26.0 Å². The molecule has 2 rings (SSSR count). The normalized spacial score (nSPS) is 12.6. The van der Waals surface area contributed by atoms with E-state index in [1.165, 1.54) is 51.4 Å². The lowest BCUT2D eigenvalue weighted by Gasteiger charge is -2.17. The zero-order valence-corrected chi connectivity index (χ0v) is 14.0. The molecule has 120 valence electrons. The lowest BCUT2D eigenvalue weighted by Crippen LogP contribution is -2.02. The summed E-state index contributed by atoms with van der Waals surface area (Å²) in [6, 6.07) is 9.86. The largest absolute Gasteiger partial charge is 0.506 e. The molecule has 0 aliphatic heterocycles. The fraction of sp³-hybridized carbons (Fsp3) is 0.550. The summed E-state index contributed by atoms with van der Waals surface area (Å²) in [6.45, 7) is 4.50. The average Bonchev–Trinajstić information content (AvgIpc) is 2.54. The molecule has 2 nitrogen and oxygen atoms in total. The predicted octanol–water partition coefficient (Wildman–Crippen LogP) is 6.18. The maximum atomic E-state index is 10.0. The molecule has 1 atom stereocenters. The van der Waals surface area contributed by atoms with Gasteiger partial charge < -0.3 is 5.11 Å². The molecule has 1 heterocycles. The first-order valence-corrected chi connectivity index (χ1v) is 8.84. The molecule has 1 aromatic carbocycles. The van der Waals surface area contributed by atoms with Crippen molar-refractivity contribution in [3.63, 3.8) is 0 Å². The molecule has 0 radical (unpaired) electrons. The van der Waals surface area contributed by atoms with Crippen LogP contribution in [-0.2, 0) is 0 Å². The number of hydrogen-bond acceptors (Lipinski definition) is 2. The second-order valence-electron chi connectivity index (χ2n) is 6.27. The minimum absolute atomic E-state index is 0.291. The first kappa shape index (κ1) is 16.8. The van der Waals surface area contributed by atoms with Crippen LogP contribution < -0.4 is 0 Å². The third-order valence-corrected chi connectivity index (χ3v) is 4.45. The SMILES string of the molecule is CCCCCCC(CCCC)c1ccc2cccc(O)c2n1. The van der Waals surface area contributed by atoms with Crippen LogP contribution in [0.4, 0.5) is 0 Å². The van der Waals surface area contributed by atoms with Crippen LogP contribution in [-0.4, -0.2) is 10.1 Å². The van der Waals surface area contributed by atoms with Gasteiger partial charge in [-0.2, -0.15) is 0 Å². The lowest BCUT2D eigenvalue weighted by atomic mass is 9.91. The molecule has 1 aromatic heterocycles. The highest BCUT2D eigenvalue weighted by Gasteiger charge is 2.14. The molecule has 0 bridgehead atoms. The molecule has 1 N–H and O–H groups in total.